The van der Waals surface area contributed by atoms with Crippen LogP contribution >= 0.6 is 27.5 Å². The minimum absolute atomic E-state index is 0.220. The molecule has 0 aliphatic rings. The third-order valence-electron chi connectivity index (χ3n) is 4.67. The highest BCUT2D eigenvalue weighted by Crippen LogP contribution is 2.35. The fraction of sp³-hybridized carbons (Fsp3) is 0.136. The molecule has 0 bridgehead atoms. The summed E-state index contributed by atoms with van der Waals surface area (Å²) in [6, 6.07) is 17.0. The van der Waals surface area contributed by atoms with Crippen LogP contribution in [0.1, 0.15) is 11.1 Å². The SMILES string of the molecule is COc1cc(CNc2ccc3[nH]c(=O)[nH]c3c2)c(Br)cc1OCc1ccccc1Cl. The van der Waals surface area contributed by atoms with E-state index in [1.54, 1.807) is 7.11 Å². The standard InChI is InChI=1S/C22H19BrClN3O3/c1-29-20-8-14(11-25-15-6-7-18-19(9-15)27-22(28)26-18)16(23)10-21(20)30-12-13-4-2-3-5-17(13)24/h2-10,25H,11-12H2,1H3,(H2,26,27,28). The number of H-pyrrole nitrogens is 2. The molecule has 0 atom stereocenters. The lowest BCUT2D eigenvalue weighted by atomic mass is 10.2. The Morgan fingerprint density at radius 1 is 1.00 bits per heavy atom. The van der Waals surface area contributed by atoms with Crippen LogP contribution in [-0.2, 0) is 13.2 Å². The number of aromatic amines is 2. The van der Waals surface area contributed by atoms with E-state index < -0.39 is 0 Å². The molecule has 0 radical (unpaired) electrons. The van der Waals surface area contributed by atoms with Crippen molar-refractivity contribution >= 4 is 44.3 Å². The van der Waals surface area contributed by atoms with Crippen LogP contribution in [0.5, 0.6) is 11.5 Å². The molecule has 4 rings (SSSR count). The number of aromatic nitrogens is 2. The average Bonchev–Trinajstić information content (AvgIpc) is 3.11. The monoisotopic (exact) mass is 487 g/mol. The van der Waals surface area contributed by atoms with Crippen molar-refractivity contribution in [3.05, 3.63) is 85.7 Å². The van der Waals surface area contributed by atoms with Gasteiger partial charge >= 0.3 is 5.69 Å². The van der Waals surface area contributed by atoms with Gasteiger partial charge in [0.2, 0.25) is 0 Å². The Morgan fingerprint density at radius 3 is 2.60 bits per heavy atom. The minimum atomic E-state index is -0.220. The Morgan fingerprint density at radius 2 is 1.80 bits per heavy atom. The van der Waals surface area contributed by atoms with Gasteiger partial charge in [-0.15, -0.1) is 0 Å². The lowest BCUT2D eigenvalue weighted by Gasteiger charge is -2.15. The van der Waals surface area contributed by atoms with Crippen molar-refractivity contribution in [2.75, 3.05) is 12.4 Å². The molecule has 30 heavy (non-hydrogen) atoms. The summed E-state index contributed by atoms with van der Waals surface area (Å²) in [7, 11) is 1.61. The number of halogens is 2. The van der Waals surface area contributed by atoms with E-state index in [-0.39, 0.29) is 5.69 Å². The quantitative estimate of drug-likeness (QED) is 0.322. The van der Waals surface area contributed by atoms with Crippen molar-refractivity contribution in [1.82, 2.24) is 9.97 Å². The molecule has 6 nitrogen and oxygen atoms in total. The fourth-order valence-corrected chi connectivity index (χ4v) is 3.75. The van der Waals surface area contributed by atoms with Crippen LogP contribution in [0.15, 0.2) is 63.9 Å². The summed E-state index contributed by atoms with van der Waals surface area (Å²) in [5, 5.41) is 4.02. The summed E-state index contributed by atoms with van der Waals surface area (Å²) in [6.45, 7) is 0.900. The van der Waals surface area contributed by atoms with Crippen molar-refractivity contribution in [2.24, 2.45) is 0 Å². The minimum Gasteiger partial charge on any atom is -0.493 e. The van der Waals surface area contributed by atoms with Crippen LogP contribution in [0.4, 0.5) is 5.69 Å². The lowest BCUT2D eigenvalue weighted by Crippen LogP contribution is -2.03. The zero-order valence-electron chi connectivity index (χ0n) is 16.1. The molecule has 0 aliphatic carbocycles. The van der Waals surface area contributed by atoms with Crippen LogP contribution in [0, 0.1) is 0 Å². The highest BCUT2D eigenvalue weighted by atomic mass is 79.9. The van der Waals surface area contributed by atoms with E-state index in [1.807, 2.05) is 54.6 Å². The molecule has 4 aromatic rings. The molecule has 0 saturated carbocycles. The molecule has 8 heteroatoms. The molecule has 3 aromatic carbocycles. The van der Waals surface area contributed by atoms with Crippen LogP contribution in [0.3, 0.4) is 0 Å². The Balaban J connectivity index is 1.49. The van der Waals surface area contributed by atoms with E-state index in [0.29, 0.717) is 29.7 Å². The molecule has 0 spiro atoms. The molecule has 154 valence electrons. The van der Waals surface area contributed by atoms with Gasteiger partial charge in [-0.05, 0) is 42.0 Å². The molecule has 3 N–H and O–H groups in total. The van der Waals surface area contributed by atoms with Gasteiger partial charge in [0.15, 0.2) is 11.5 Å². The molecule has 1 aromatic heterocycles. The van der Waals surface area contributed by atoms with Crippen LogP contribution in [0.25, 0.3) is 11.0 Å². The number of methoxy groups -OCH3 is 1. The average molecular weight is 489 g/mol. The first-order valence-electron chi connectivity index (χ1n) is 9.22. The smallest absolute Gasteiger partial charge is 0.323 e. The summed E-state index contributed by atoms with van der Waals surface area (Å²) in [5.74, 6) is 1.26. The predicted octanol–water partition coefficient (Wildman–Crippen LogP) is 5.47. The predicted molar refractivity (Wildman–Crippen MR) is 123 cm³/mol. The van der Waals surface area contributed by atoms with Crippen LogP contribution in [0.2, 0.25) is 5.02 Å². The van der Waals surface area contributed by atoms with Crippen molar-refractivity contribution in [1.29, 1.82) is 0 Å². The number of hydrogen-bond acceptors (Lipinski definition) is 4. The van der Waals surface area contributed by atoms with Gasteiger partial charge in [0.1, 0.15) is 6.61 Å². The van der Waals surface area contributed by atoms with E-state index in [9.17, 15) is 4.79 Å². The fourth-order valence-electron chi connectivity index (χ4n) is 3.10. The second-order valence-corrected chi connectivity index (χ2v) is 7.93. The number of anilines is 1. The first-order valence-corrected chi connectivity index (χ1v) is 10.4. The largest absolute Gasteiger partial charge is 0.493 e. The van der Waals surface area contributed by atoms with E-state index in [4.69, 9.17) is 21.1 Å². The van der Waals surface area contributed by atoms with Crippen molar-refractivity contribution in [3.8, 4) is 11.5 Å². The van der Waals surface area contributed by atoms with E-state index in [0.717, 1.165) is 32.3 Å². The Labute approximate surface area is 186 Å². The van der Waals surface area contributed by atoms with Crippen molar-refractivity contribution in [3.63, 3.8) is 0 Å². The number of nitrogens with one attached hydrogen (secondary N) is 3. The molecular formula is C22H19BrClN3O3. The third kappa shape index (κ3) is 4.47. The summed E-state index contributed by atoms with van der Waals surface area (Å²) in [6.07, 6.45) is 0. The summed E-state index contributed by atoms with van der Waals surface area (Å²) in [5.41, 5.74) is 4.10. The normalized spacial score (nSPS) is 10.9. The summed E-state index contributed by atoms with van der Waals surface area (Å²) >= 11 is 9.82. The number of hydrogen-bond donors (Lipinski definition) is 3. The second kappa shape index (κ2) is 8.85. The molecule has 0 fully saturated rings. The highest BCUT2D eigenvalue weighted by molar-refractivity contribution is 9.10. The van der Waals surface area contributed by atoms with Gasteiger partial charge in [-0.3, -0.25) is 0 Å². The summed E-state index contributed by atoms with van der Waals surface area (Å²) in [4.78, 5) is 16.9. The first kappa shape index (κ1) is 20.4. The van der Waals surface area contributed by atoms with E-state index >= 15 is 0 Å². The molecule has 0 saturated heterocycles. The number of benzene rings is 3. The number of rotatable bonds is 7. The van der Waals surface area contributed by atoms with Gasteiger partial charge in [0.25, 0.3) is 0 Å². The van der Waals surface area contributed by atoms with Gasteiger partial charge in [-0.2, -0.15) is 0 Å². The van der Waals surface area contributed by atoms with Crippen molar-refractivity contribution in [2.45, 2.75) is 13.2 Å². The second-order valence-electron chi connectivity index (χ2n) is 6.67. The maximum atomic E-state index is 11.4. The topological polar surface area (TPSA) is 79.1 Å². The van der Waals surface area contributed by atoms with Gasteiger partial charge < -0.3 is 24.8 Å². The van der Waals surface area contributed by atoms with Gasteiger partial charge in [-0.25, -0.2) is 4.79 Å². The van der Waals surface area contributed by atoms with Crippen molar-refractivity contribution < 1.29 is 9.47 Å². The highest BCUT2D eigenvalue weighted by Gasteiger charge is 2.12. The number of ether oxygens (including phenoxy) is 2. The lowest BCUT2D eigenvalue weighted by molar-refractivity contribution is 0.284. The van der Waals surface area contributed by atoms with E-state index in [2.05, 4.69) is 31.2 Å². The maximum absolute atomic E-state index is 11.4. The molecular weight excluding hydrogens is 470 g/mol. The zero-order chi connectivity index (χ0) is 21.1. The Kier molecular flexibility index (Phi) is 6.01. The number of imidazole rings is 1. The first-order chi connectivity index (χ1) is 14.5. The Bertz CT molecular complexity index is 1250. The zero-order valence-corrected chi connectivity index (χ0v) is 18.4. The molecule has 0 unspecified atom stereocenters. The third-order valence-corrected chi connectivity index (χ3v) is 5.78. The maximum Gasteiger partial charge on any atom is 0.323 e. The van der Waals surface area contributed by atoms with Crippen LogP contribution in [-0.4, -0.2) is 17.1 Å². The number of fused-ring (bicyclic) bond motifs is 1. The van der Waals surface area contributed by atoms with E-state index in [1.165, 1.54) is 0 Å². The summed E-state index contributed by atoms with van der Waals surface area (Å²) < 4.78 is 12.4. The van der Waals surface area contributed by atoms with Gasteiger partial charge in [0.05, 0.1) is 18.1 Å². The van der Waals surface area contributed by atoms with Gasteiger partial charge in [-0.1, -0.05) is 45.7 Å². The Hall–Kier alpha value is -2.90. The van der Waals surface area contributed by atoms with Crippen LogP contribution < -0.4 is 20.5 Å². The molecule has 1 heterocycles. The molecule has 0 amide bonds. The van der Waals surface area contributed by atoms with Gasteiger partial charge in [0, 0.05) is 27.3 Å². The molecule has 0 aliphatic heterocycles.